The van der Waals surface area contributed by atoms with Gasteiger partial charge in [0.2, 0.25) is 11.7 Å². The Morgan fingerprint density at radius 2 is 2.00 bits per heavy atom. The molecular weight excluding hydrogens is 238 g/mol. The maximum Gasteiger partial charge on any atom is 0.230 e. The van der Waals surface area contributed by atoms with Gasteiger partial charge in [0.15, 0.2) is 0 Å². The summed E-state index contributed by atoms with van der Waals surface area (Å²) < 4.78 is 5.43. The van der Waals surface area contributed by atoms with Crippen molar-refractivity contribution in [2.24, 2.45) is 0 Å². The van der Waals surface area contributed by atoms with E-state index in [-0.39, 0.29) is 0 Å². The van der Waals surface area contributed by atoms with Crippen molar-refractivity contribution in [3.63, 3.8) is 0 Å². The molecule has 0 radical (unpaired) electrons. The largest absolute Gasteiger partial charge is 0.398 e. The highest BCUT2D eigenvalue weighted by atomic mass is 16.5. The van der Waals surface area contributed by atoms with Crippen LogP contribution in [0.3, 0.4) is 0 Å². The Hall–Kier alpha value is -1.84. The standard InChI is InChI=1S/C15H19N3O/c1-10-7-8-12(9-13(10)16)14-17-15(19-18-14)11-5-3-2-4-6-11/h7-9,11H,2-6,16H2,1H3. The van der Waals surface area contributed by atoms with E-state index in [4.69, 9.17) is 10.3 Å². The van der Waals surface area contributed by atoms with E-state index >= 15 is 0 Å². The van der Waals surface area contributed by atoms with Gasteiger partial charge >= 0.3 is 0 Å². The first-order valence-corrected chi connectivity index (χ1v) is 6.94. The van der Waals surface area contributed by atoms with Crippen LogP contribution < -0.4 is 5.73 Å². The van der Waals surface area contributed by atoms with Crippen LogP contribution in [0.25, 0.3) is 11.4 Å². The second-order valence-electron chi connectivity index (χ2n) is 5.36. The Bertz CT molecular complexity index is 571. The van der Waals surface area contributed by atoms with Crippen LogP contribution in [-0.2, 0) is 0 Å². The van der Waals surface area contributed by atoms with E-state index in [2.05, 4.69) is 10.1 Å². The van der Waals surface area contributed by atoms with Gasteiger partial charge in [-0.1, -0.05) is 36.6 Å². The van der Waals surface area contributed by atoms with Gasteiger partial charge in [-0.3, -0.25) is 0 Å². The summed E-state index contributed by atoms with van der Waals surface area (Å²) in [5, 5.41) is 4.09. The number of hydrogen-bond donors (Lipinski definition) is 1. The van der Waals surface area contributed by atoms with E-state index < -0.39 is 0 Å². The number of nitrogen functional groups attached to an aromatic ring is 1. The van der Waals surface area contributed by atoms with E-state index in [9.17, 15) is 0 Å². The molecule has 0 unspecified atom stereocenters. The zero-order chi connectivity index (χ0) is 13.2. The summed E-state index contributed by atoms with van der Waals surface area (Å²) in [6.07, 6.45) is 6.18. The Morgan fingerprint density at radius 3 is 2.74 bits per heavy atom. The molecule has 100 valence electrons. The molecule has 1 saturated carbocycles. The van der Waals surface area contributed by atoms with Crippen LogP contribution in [0, 0.1) is 6.92 Å². The quantitative estimate of drug-likeness (QED) is 0.833. The molecule has 2 N–H and O–H groups in total. The normalized spacial score (nSPS) is 16.7. The van der Waals surface area contributed by atoms with Gasteiger partial charge in [0, 0.05) is 17.2 Å². The minimum atomic E-state index is 0.442. The monoisotopic (exact) mass is 257 g/mol. The minimum Gasteiger partial charge on any atom is -0.398 e. The molecular formula is C15H19N3O. The van der Waals surface area contributed by atoms with Crippen molar-refractivity contribution >= 4 is 5.69 Å². The molecule has 1 fully saturated rings. The average Bonchev–Trinajstić information content (AvgIpc) is 2.93. The summed E-state index contributed by atoms with van der Waals surface area (Å²) in [5.74, 6) is 1.87. The lowest BCUT2D eigenvalue weighted by atomic mass is 9.89. The van der Waals surface area contributed by atoms with Crippen LogP contribution in [0.4, 0.5) is 5.69 Å². The SMILES string of the molecule is Cc1ccc(-c2noc(C3CCCCC3)n2)cc1N. The molecule has 1 aromatic carbocycles. The van der Waals surface area contributed by atoms with E-state index in [0.717, 1.165) is 35.5 Å². The van der Waals surface area contributed by atoms with Gasteiger partial charge in [-0.25, -0.2) is 0 Å². The number of aryl methyl sites for hydroxylation is 1. The van der Waals surface area contributed by atoms with Crippen LogP contribution in [0.5, 0.6) is 0 Å². The molecule has 1 aromatic heterocycles. The molecule has 1 aliphatic rings. The molecule has 3 rings (SSSR count). The van der Waals surface area contributed by atoms with Crippen molar-refractivity contribution in [3.8, 4) is 11.4 Å². The molecule has 1 aliphatic carbocycles. The summed E-state index contributed by atoms with van der Waals surface area (Å²) in [6, 6.07) is 5.88. The average molecular weight is 257 g/mol. The summed E-state index contributed by atoms with van der Waals surface area (Å²) >= 11 is 0. The fraction of sp³-hybridized carbons (Fsp3) is 0.467. The van der Waals surface area contributed by atoms with Gasteiger partial charge in [0.05, 0.1) is 0 Å². The number of rotatable bonds is 2. The smallest absolute Gasteiger partial charge is 0.230 e. The number of anilines is 1. The highest BCUT2D eigenvalue weighted by molar-refractivity contribution is 5.63. The van der Waals surface area contributed by atoms with Crippen LogP contribution in [0.1, 0.15) is 49.5 Å². The molecule has 0 bridgehead atoms. The summed E-state index contributed by atoms with van der Waals surface area (Å²) in [6.45, 7) is 1.99. The molecule has 0 aliphatic heterocycles. The molecule has 4 heteroatoms. The number of nitrogens with zero attached hydrogens (tertiary/aromatic N) is 2. The molecule has 0 atom stereocenters. The molecule has 0 spiro atoms. The zero-order valence-corrected chi connectivity index (χ0v) is 11.2. The van der Waals surface area contributed by atoms with Crippen LogP contribution >= 0.6 is 0 Å². The lowest BCUT2D eigenvalue weighted by Gasteiger charge is -2.17. The molecule has 2 aromatic rings. The maximum atomic E-state index is 5.92. The predicted molar refractivity (Wildman–Crippen MR) is 74.7 cm³/mol. The summed E-state index contributed by atoms with van der Waals surface area (Å²) in [7, 11) is 0. The van der Waals surface area contributed by atoms with Crippen molar-refractivity contribution < 1.29 is 4.52 Å². The molecule has 0 saturated heterocycles. The van der Waals surface area contributed by atoms with Gasteiger partial charge in [-0.2, -0.15) is 4.98 Å². The second kappa shape index (κ2) is 5.03. The highest BCUT2D eigenvalue weighted by Gasteiger charge is 2.21. The number of nitrogens with two attached hydrogens (primary N) is 1. The Labute approximate surface area is 113 Å². The van der Waals surface area contributed by atoms with Gasteiger partial charge < -0.3 is 10.3 Å². The Morgan fingerprint density at radius 1 is 1.21 bits per heavy atom. The maximum absolute atomic E-state index is 5.92. The van der Waals surface area contributed by atoms with Crippen LogP contribution in [0.2, 0.25) is 0 Å². The van der Waals surface area contributed by atoms with Gasteiger partial charge in [0.1, 0.15) is 0 Å². The summed E-state index contributed by atoms with van der Waals surface area (Å²) in [5.41, 5.74) is 8.68. The van der Waals surface area contributed by atoms with Gasteiger partial charge in [-0.05, 0) is 31.4 Å². The van der Waals surface area contributed by atoms with Gasteiger partial charge in [0.25, 0.3) is 0 Å². The topological polar surface area (TPSA) is 64.9 Å². The summed E-state index contributed by atoms with van der Waals surface area (Å²) in [4.78, 5) is 4.54. The van der Waals surface area contributed by atoms with Crippen molar-refractivity contribution in [1.29, 1.82) is 0 Å². The number of aromatic nitrogens is 2. The van der Waals surface area contributed by atoms with Crippen LogP contribution in [0.15, 0.2) is 22.7 Å². The highest BCUT2D eigenvalue weighted by Crippen LogP contribution is 2.32. The van der Waals surface area contributed by atoms with E-state index in [1.165, 1.54) is 19.3 Å². The van der Waals surface area contributed by atoms with E-state index in [0.29, 0.717) is 11.7 Å². The molecule has 0 amide bonds. The number of hydrogen-bond acceptors (Lipinski definition) is 4. The lowest BCUT2D eigenvalue weighted by Crippen LogP contribution is -2.04. The first-order chi connectivity index (χ1) is 9.24. The lowest BCUT2D eigenvalue weighted by molar-refractivity contribution is 0.314. The third kappa shape index (κ3) is 2.48. The van der Waals surface area contributed by atoms with Crippen molar-refractivity contribution in [3.05, 3.63) is 29.7 Å². The van der Waals surface area contributed by atoms with E-state index in [1.54, 1.807) is 0 Å². The third-order valence-electron chi connectivity index (χ3n) is 3.93. The van der Waals surface area contributed by atoms with Crippen molar-refractivity contribution in [1.82, 2.24) is 10.1 Å². The van der Waals surface area contributed by atoms with Crippen molar-refractivity contribution in [2.45, 2.75) is 44.9 Å². The first-order valence-electron chi connectivity index (χ1n) is 6.94. The fourth-order valence-electron chi connectivity index (χ4n) is 2.65. The molecule has 19 heavy (non-hydrogen) atoms. The Kier molecular flexibility index (Phi) is 3.23. The predicted octanol–water partition coefficient (Wildman–Crippen LogP) is 3.67. The van der Waals surface area contributed by atoms with Crippen LogP contribution in [-0.4, -0.2) is 10.1 Å². The Balaban J connectivity index is 1.85. The molecule has 4 nitrogen and oxygen atoms in total. The molecule has 1 heterocycles. The zero-order valence-electron chi connectivity index (χ0n) is 11.2. The van der Waals surface area contributed by atoms with Crippen molar-refractivity contribution in [2.75, 3.05) is 5.73 Å². The fourth-order valence-corrected chi connectivity index (χ4v) is 2.65. The number of benzene rings is 1. The third-order valence-corrected chi connectivity index (χ3v) is 3.93. The van der Waals surface area contributed by atoms with Gasteiger partial charge in [-0.15, -0.1) is 0 Å². The minimum absolute atomic E-state index is 0.442. The first kappa shape index (κ1) is 12.2. The van der Waals surface area contributed by atoms with E-state index in [1.807, 2.05) is 25.1 Å². The second-order valence-corrected chi connectivity index (χ2v) is 5.36.